The summed E-state index contributed by atoms with van der Waals surface area (Å²) in [7, 11) is 0. The molecule has 2 fully saturated rings. The van der Waals surface area contributed by atoms with E-state index < -0.39 is 0 Å². The topological polar surface area (TPSA) is 23.6 Å². The Balaban J connectivity index is 1.54. The molecule has 3 nitrogen and oxygen atoms in total. The van der Waals surface area contributed by atoms with E-state index >= 15 is 0 Å². The molecule has 0 bridgehead atoms. The van der Waals surface area contributed by atoms with Gasteiger partial charge in [-0.15, -0.1) is 0 Å². The Hall–Kier alpha value is -1.35. The summed E-state index contributed by atoms with van der Waals surface area (Å²) in [6, 6.07) is 8.75. The molecule has 0 unspecified atom stereocenters. The van der Waals surface area contributed by atoms with E-state index in [1.165, 1.54) is 17.5 Å². The molecule has 1 heterocycles. The van der Waals surface area contributed by atoms with Crippen molar-refractivity contribution >= 4 is 5.91 Å². The van der Waals surface area contributed by atoms with Gasteiger partial charge in [0.15, 0.2) is 0 Å². The molecule has 1 aliphatic carbocycles. The van der Waals surface area contributed by atoms with E-state index in [2.05, 4.69) is 41.0 Å². The van der Waals surface area contributed by atoms with Crippen LogP contribution in [-0.4, -0.2) is 41.9 Å². The highest BCUT2D eigenvalue weighted by atomic mass is 16.2. The van der Waals surface area contributed by atoms with Crippen LogP contribution in [0, 0.1) is 12.8 Å². The average molecular weight is 286 g/mol. The van der Waals surface area contributed by atoms with Gasteiger partial charge in [0.05, 0.1) is 0 Å². The van der Waals surface area contributed by atoms with Gasteiger partial charge in [-0.25, -0.2) is 0 Å². The Morgan fingerprint density at radius 2 is 2.00 bits per heavy atom. The summed E-state index contributed by atoms with van der Waals surface area (Å²) < 4.78 is 0. The van der Waals surface area contributed by atoms with Gasteiger partial charge in [0.2, 0.25) is 5.91 Å². The van der Waals surface area contributed by atoms with Crippen molar-refractivity contribution < 1.29 is 4.79 Å². The van der Waals surface area contributed by atoms with Crippen LogP contribution >= 0.6 is 0 Å². The van der Waals surface area contributed by atoms with Crippen molar-refractivity contribution in [2.45, 2.75) is 39.2 Å². The third-order valence-electron chi connectivity index (χ3n) is 4.84. The molecule has 1 saturated heterocycles. The van der Waals surface area contributed by atoms with Crippen molar-refractivity contribution in [2.24, 2.45) is 5.92 Å². The number of nitrogens with zero attached hydrogens (tertiary/aromatic N) is 2. The van der Waals surface area contributed by atoms with Gasteiger partial charge in [-0.2, -0.15) is 0 Å². The second-order valence-electron chi connectivity index (χ2n) is 6.57. The predicted molar refractivity (Wildman–Crippen MR) is 85.0 cm³/mol. The summed E-state index contributed by atoms with van der Waals surface area (Å²) in [5.74, 6) is 0.756. The SMILES string of the molecule is Cc1cccc(CN2CCCN(C(=O)C3CCC3)CC2)c1. The van der Waals surface area contributed by atoms with Crippen molar-refractivity contribution in [1.29, 1.82) is 0 Å². The fraction of sp³-hybridized carbons (Fsp3) is 0.611. The Morgan fingerprint density at radius 3 is 2.71 bits per heavy atom. The van der Waals surface area contributed by atoms with Crippen LogP contribution in [-0.2, 0) is 11.3 Å². The van der Waals surface area contributed by atoms with Crippen LogP contribution in [0.5, 0.6) is 0 Å². The highest BCUT2D eigenvalue weighted by Gasteiger charge is 2.30. The third kappa shape index (κ3) is 3.65. The van der Waals surface area contributed by atoms with Gasteiger partial charge in [-0.3, -0.25) is 9.69 Å². The lowest BCUT2D eigenvalue weighted by Gasteiger charge is -2.31. The molecule has 3 rings (SSSR count). The maximum Gasteiger partial charge on any atom is 0.225 e. The fourth-order valence-corrected chi connectivity index (χ4v) is 3.33. The molecular formula is C18H26N2O. The number of amides is 1. The minimum Gasteiger partial charge on any atom is -0.341 e. The van der Waals surface area contributed by atoms with E-state index in [1.54, 1.807) is 0 Å². The molecule has 0 N–H and O–H groups in total. The summed E-state index contributed by atoms with van der Waals surface area (Å²) >= 11 is 0. The summed E-state index contributed by atoms with van der Waals surface area (Å²) in [6.45, 7) is 7.10. The molecule has 1 saturated carbocycles. The van der Waals surface area contributed by atoms with E-state index in [-0.39, 0.29) is 0 Å². The molecule has 0 radical (unpaired) electrons. The lowest BCUT2D eigenvalue weighted by molar-refractivity contribution is -0.138. The number of rotatable bonds is 3. The first-order chi connectivity index (χ1) is 10.2. The number of carbonyl (C=O) groups is 1. The lowest BCUT2D eigenvalue weighted by Crippen LogP contribution is -2.41. The van der Waals surface area contributed by atoms with Crippen LogP contribution in [0.3, 0.4) is 0 Å². The van der Waals surface area contributed by atoms with E-state index in [4.69, 9.17) is 0 Å². The zero-order valence-corrected chi connectivity index (χ0v) is 13.1. The van der Waals surface area contributed by atoms with Crippen LogP contribution in [0.15, 0.2) is 24.3 Å². The Bertz CT molecular complexity index is 496. The van der Waals surface area contributed by atoms with Gasteiger partial charge in [-0.1, -0.05) is 36.2 Å². The van der Waals surface area contributed by atoms with Crippen molar-refractivity contribution in [3.63, 3.8) is 0 Å². The van der Waals surface area contributed by atoms with E-state index in [0.29, 0.717) is 11.8 Å². The van der Waals surface area contributed by atoms with Crippen molar-refractivity contribution in [1.82, 2.24) is 9.80 Å². The van der Waals surface area contributed by atoms with Gasteiger partial charge in [-0.05, 0) is 31.7 Å². The van der Waals surface area contributed by atoms with Crippen LogP contribution in [0.2, 0.25) is 0 Å². The average Bonchev–Trinajstić information content (AvgIpc) is 2.62. The molecule has 1 aliphatic heterocycles. The molecule has 0 spiro atoms. The third-order valence-corrected chi connectivity index (χ3v) is 4.84. The molecular weight excluding hydrogens is 260 g/mol. The van der Waals surface area contributed by atoms with Crippen LogP contribution in [0.25, 0.3) is 0 Å². The predicted octanol–water partition coefficient (Wildman–Crippen LogP) is 2.83. The molecule has 3 heteroatoms. The molecule has 0 atom stereocenters. The standard InChI is InChI=1S/C18H26N2O/c1-15-5-2-6-16(13-15)14-19-9-4-10-20(12-11-19)18(21)17-7-3-8-17/h2,5-6,13,17H,3-4,7-12,14H2,1H3. The van der Waals surface area contributed by atoms with Gasteiger partial charge in [0.1, 0.15) is 0 Å². The number of hydrogen-bond donors (Lipinski definition) is 0. The zero-order valence-electron chi connectivity index (χ0n) is 13.1. The van der Waals surface area contributed by atoms with E-state index in [9.17, 15) is 4.79 Å². The van der Waals surface area contributed by atoms with Crippen LogP contribution < -0.4 is 0 Å². The molecule has 21 heavy (non-hydrogen) atoms. The smallest absolute Gasteiger partial charge is 0.225 e. The van der Waals surface area contributed by atoms with E-state index in [1.807, 2.05) is 0 Å². The number of hydrogen-bond acceptors (Lipinski definition) is 2. The van der Waals surface area contributed by atoms with Crippen molar-refractivity contribution in [3.05, 3.63) is 35.4 Å². The Morgan fingerprint density at radius 1 is 1.14 bits per heavy atom. The molecule has 114 valence electrons. The minimum atomic E-state index is 0.341. The van der Waals surface area contributed by atoms with E-state index in [0.717, 1.165) is 52.0 Å². The van der Waals surface area contributed by atoms with Gasteiger partial charge < -0.3 is 4.90 Å². The highest BCUT2D eigenvalue weighted by Crippen LogP contribution is 2.28. The Labute approximate surface area is 127 Å². The largest absolute Gasteiger partial charge is 0.341 e. The van der Waals surface area contributed by atoms with Crippen LogP contribution in [0.1, 0.15) is 36.8 Å². The van der Waals surface area contributed by atoms with Crippen LogP contribution in [0.4, 0.5) is 0 Å². The van der Waals surface area contributed by atoms with Crippen molar-refractivity contribution in [3.8, 4) is 0 Å². The normalized spacial score (nSPS) is 20.9. The number of carbonyl (C=O) groups excluding carboxylic acids is 1. The first-order valence-corrected chi connectivity index (χ1v) is 8.29. The summed E-state index contributed by atoms with van der Waals surface area (Å²) in [6.07, 6.45) is 4.57. The summed E-state index contributed by atoms with van der Waals surface area (Å²) in [5.41, 5.74) is 2.71. The maximum atomic E-state index is 12.4. The maximum absolute atomic E-state index is 12.4. The zero-order chi connectivity index (χ0) is 14.7. The van der Waals surface area contributed by atoms with Crippen molar-refractivity contribution in [2.75, 3.05) is 26.2 Å². The first kappa shape index (κ1) is 14.6. The monoisotopic (exact) mass is 286 g/mol. The molecule has 0 aromatic heterocycles. The lowest BCUT2D eigenvalue weighted by atomic mass is 9.84. The molecule has 1 aromatic carbocycles. The van der Waals surface area contributed by atoms with Gasteiger partial charge >= 0.3 is 0 Å². The van der Waals surface area contributed by atoms with Gasteiger partial charge in [0.25, 0.3) is 0 Å². The molecule has 1 amide bonds. The summed E-state index contributed by atoms with van der Waals surface area (Å²) in [4.78, 5) is 17.0. The molecule has 1 aromatic rings. The first-order valence-electron chi connectivity index (χ1n) is 8.29. The quantitative estimate of drug-likeness (QED) is 0.853. The second kappa shape index (κ2) is 6.61. The Kier molecular flexibility index (Phi) is 4.59. The minimum absolute atomic E-state index is 0.341. The highest BCUT2D eigenvalue weighted by molar-refractivity contribution is 5.79. The number of benzene rings is 1. The number of aryl methyl sites for hydroxylation is 1. The summed E-state index contributed by atoms with van der Waals surface area (Å²) in [5, 5.41) is 0. The van der Waals surface area contributed by atoms with Gasteiger partial charge in [0, 0.05) is 38.6 Å². The fourth-order valence-electron chi connectivity index (χ4n) is 3.33. The second-order valence-corrected chi connectivity index (χ2v) is 6.57. The molecule has 2 aliphatic rings.